The van der Waals surface area contributed by atoms with Crippen molar-refractivity contribution < 1.29 is 27.6 Å². The van der Waals surface area contributed by atoms with Crippen LogP contribution >= 0.6 is 0 Å². The first kappa shape index (κ1) is 23.3. The summed E-state index contributed by atoms with van der Waals surface area (Å²) < 4.78 is 37.9. The predicted octanol–water partition coefficient (Wildman–Crippen LogP) is 3.31. The normalized spacial score (nSPS) is 15.2. The van der Waals surface area contributed by atoms with Gasteiger partial charge in [0.25, 0.3) is 5.91 Å². The monoisotopic (exact) mass is 447 g/mol. The molecule has 1 aliphatic rings. The molecule has 1 atom stereocenters. The molecular weight excluding hydrogens is 423 g/mol. The molecule has 0 radical (unpaired) electrons. The van der Waals surface area contributed by atoms with Crippen molar-refractivity contribution >= 4 is 17.7 Å². The lowest BCUT2D eigenvalue weighted by Gasteiger charge is -2.34. The van der Waals surface area contributed by atoms with Gasteiger partial charge in [-0.15, -0.1) is 0 Å². The molecule has 0 spiro atoms. The first-order chi connectivity index (χ1) is 15.3. The third-order valence-electron chi connectivity index (χ3n) is 5.22. The molecule has 2 aromatic carbocycles. The van der Waals surface area contributed by atoms with Crippen LogP contribution < -0.4 is 10.6 Å². The first-order valence-corrected chi connectivity index (χ1v) is 10.3. The zero-order valence-corrected chi connectivity index (χ0v) is 17.3. The van der Waals surface area contributed by atoms with Crippen LogP contribution in [0.2, 0.25) is 0 Å². The van der Waals surface area contributed by atoms with Crippen LogP contribution in [0, 0.1) is 0 Å². The maximum absolute atomic E-state index is 12.9. The van der Waals surface area contributed by atoms with E-state index in [9.17, 15) is 27.6 Å². The number of likely N-dealkylation sites (tertiary alicyclic amines) is 1. The largest absolute Gasteiger partial charge is 0.416 e. The molecule has 170 valence electrons. The number of nitrogens with zero attached hydrogens (tertiary/aromatic N) is 1. The molecule has 1 fully saturated rings. The van der Waals surface area contributed by atoms with Crippen LogP contribution in [0.25, 0.3) is 0 Å². The van der Waals surface area contributed by atoms with Crippen molar-refractivity contribution in [2.75, 3.05) is 19.6 Å². The maximum Gasteiger partial charge on any atom is 0.416 e. The molecular formula is C23H24F3N3O3. The van der Waals surface area contributed by atoms with E-state index in [1.807, 2.05) is 6.07 Å². The van der Waals surface area contributed by atoms with Crippen molar-refractivity contribution in [3.8, 4) is 0 Å². The molecule has 1 unspecified atom stereocenters. The van der Waals surface area contributed by atoms with Gasteiger partial charge in [0.1, 0.15) is 6.04 Å². The highest BCUT2D eigenvalue weighted by atomic mass is 19.4. The second-order valence-corrected chi connectivity index (χ2v) is 7.48. The number of carbonyl (C=O) groups is 3. The fraction of sp³-hybridized carbons (Fsp3) is 0.348. The van der Waals surface area contributed by atoms with Gasteiger partial charge in [-0.05, 0) is 42.7 Å². The molecule has 32 heavy (non-hydrogen) atoms. The molecule has 6 nitrogen and oxygen atoms in total. The van der Waals surface area contributed by atoms with E-state index in [2.05, 4.69) is 10.6 Å². The van der Waals surface area contributed by atoms with E-state index < -0.39 is 23.7 Å². The minimum atomic E-state index is -4.47. The SMILES string of the molecule is O=C(NCCNC(=O)C(c1ccccc1)N1CCCCC1=O)c1ccc(C(F)(F)F)cc1. The standard InChI is InChI=1S/C23H24F3N3O3/c24-23(25,26)18-11-9-17(10-12-18)21(31)27-13-14-28-22(32)20(16-6-2-1-3-7-16)29-15-5-4-8-19(29)30/h1-3,6-7,9-12,20H,4-5,8,13-15H2,(H,27,31)(H,28,32). The Hall–Kier alpha value is -3.36. The summed E-state index contributed by atoms with van der Waals surface area (Å²) in [6, 6.07) is 12.1. The van der Waals surface area contributed by atoms with Gasteiger partial charge in [0.2, 0.25) is 11.8 Å². The number of amides is 3. The van der Waals surface area contributed by atoms with E-state index >= 15 is 0 Å². The summed E-state index contributed by atoms with van der Waals surface area (Å²) in [5.41, 5.74) is -0.0417. The van der Waals surface area contributed by atoms with Crippen molar-refractivity contribution in [1.29, 1.82) is 0 Å². The van der Waals surface area contributed by atoms with Crippen LogP contribution in [0.1, 0.15) is 46.8 Å². The lowest BCUT2D eigenvalue weighted by Crippen LogP contribution is -2.47. The van der Waals surface area contributed by atoms with Crippen LogP contribution in [0.4, 0.5) is 13.2 Å². The Balaban J connectivity index is 1.56. The number of alkyl halides is 3. The Morgan fingerprint density at radius 3 is 2.22 bits per heavy atom. The Morgan fingerprint density at radius 1 is 0.938 bits per heavy atom. The number of hydrogen-bond acceptors (Lipinski definition) is 3. The highest BCUT2D eigenvalue weighted by Crippen LogP contribution is 2.29. The van der Waals surface area contributed by atoms with E-state index in [4.69, 9.17) is 0 Å². The number of halogens is 3. The van der Waals surface area contributed by atoms with E-state index in [0.29, 0.717) is 18.5 Å². The average molecular weight is 447 g/mol. The van der Waals surface area contributed by atoms with E-state index in [-0.39, 0.29) is 30.5 Å². The predicted molar refractivity (Wildman–Crippen MR) is 112 cm³/mol. The number of benzene rings is 2. The van der Waals surface area contributed by atoms with E-state index in [1.165, 1.54) is 0 Å². The van der Waals surface area contributed by atoms with Crippen LogP contribution in [-0.2, 0) is 15.8 Å². The second-order valence-electron chi connectivity index (χ2n) is 7.48. The summed E-state index contributed by atoms with van der Waals surface area (Å²) in [5, 5.41) is 5.30. The highest BCUT2D eigenvalue weighted by molar-refractivity contribution is 5.94. The molecule has 0 aliphatic carbocycles. The zero-order chi connectivity index (χ0) is 23.1. The highest BCUT2D eigenvalue weighted by Gasteiger charge is 2.32. The van der Waals surface area contributed by atoms with Gasteiger partial charge in [-0.3, -0.25) is 14.4 Å². The van der Waals surface area contributed by atoms with Crippen molar-refractivity contribution in [3.63, 3.8) is 0 Å². The van der Waals surface area contributed by atoms with Gasteiger partial charge < -0.3 is 15.5 Å². The minimum Gasteiger partial charge on any atom is -0.352 e. The molecule has 0 bridgehead atoms. The second kappa shape index (κ2) is 10.3. The Morgan fingerprint density at radius 2 is 1.59 bits per heavy atom. The molecule has 0 saturated carbocycles. The van der Waals surface area contributed by atoms with Gasteiger partial charge in [0.15, 0.2) is 0 Å². The van der Waals surface area contributed by atoms with E-state index in [0.717, 1.165) is 37.1 Å². The molecule has 3 amide bonds. The zero-order valence-electron chi connectivity index (χ0n) is 17.3. The van der Waals surface area contributed by atoms with Crippen molar-refractivity contribution in [2.45, 2.75) is 31.5 Å². The van der Waals surface area contributed by atoms with Crippen LogP contribution in [-0.4, -0.2) is 42.3 Å². The third kappa shape index (κ3) is 5.87. The van der Waals surface area contributed by atoms with Crippen molar-refractivity contribution in [3.05, 3.63) is 71.3 Å². The van der Waals surface area contributed by atoms with Crippen molar-refractivity contribution in [2.24, 2.45) is 0 Å². The van der Waals surface area contributed by atoms with Crippen LogP contribution in [0.15, 0.2) is 54.6 Å². The van der Waals surface area contributed by atoms with Gasteiger partial charge in [-0.25, -0.2) is 0 Å². The summed E-state index contributed by atoms with van der Waals surface area (Å²) in [6.45, 7) is 0.689. The molecule has 9 heteroatoms. The molecule has 2 aromatic rings. The number of nitrogens with one attached hydrogen (secondary N) is 2. The summed E-state index contributed by atoms with van der Waals surface area (Å²) in [5.74, 6) is -0.968. The van der Waals surface area contributed by atoms with Crippen molar-refractivity contribution in [1.82, 2.24) is 15.5 Å². The van der Waals surface area contributed by atoms with Crippen LogP contribution in [0.3, 0.4) is 0 Å². The number of hydrogen-bond donors (Lipinski definition) is 2. The fourth-order valence-corrected chi connectivity index (χ4v) is 3.58. The summed E-state index contributed by atoms with van der Waals surface area (Å²) in [6.07, 6.45) is -2.44. The van der Waals surface area contributed by atoms with Gasteiger partial charge in [0.05, 0.1) is 5.56 Å². The minimum absolute atomic E-state index is 0.0733. The quantitative estimate of drug-likeness (QED) is 0.640. The van der Waals surface area contributed by atoms with Gasteiger partial charge >= 0.3 is 6.18 Å². The van der Waals surface area contributed by atoms with Crippen LogP contribution in [0.5, 0.6) is 0 Å². The third-order valence-corrected chi connectivity index (χ3v) is 5.22. The summed E-state index contributed by atoms with van der Waals surface area (Å²) in [7, 11) is 0. The van der Waals surface area contributed by atoms with Gasteiger partial charge in [-0.2, -0.15) is 13.2 Å². The molecule has 2 N–H and O–H groups in total. The maximum atomic E-state index is 12.9. The fourth-order valence-electron chi connectivity index (χ4n) is 3.58. The van der Waals surface area contributed by atoms with E-state index in [1.54, 1.807) is 29.2 Å². The lowest BCUT2D eigenvalue weighted by molar-refractivity contribution is -0.142. The Bertz CT molecular complexity index is 946. The van der Waals surface area contributed by atoms with Gasteiger partial charge in [0, 0.05) is 31.6 Å². The lowest BCUT2D eigenvalue weighted by atomic mass is 10.0. The molecule has 1 saturated heterocycles. The number of carbonyl (C=O) groups excluding carboxylic acids is 3. The van der Waals surface area contributed by atoms with Gasteiger partial charge in [-0.1, -0.05) is 30.3 Å². The summed E-state index contributed by atoms with van der Waals surface area (Å²) in [4.78, 5) is 39.0. The molecule has 1 aliphatic heterocycles. The molecule has 0 aromatic heterocycles. The summed E-state index contributed by atoms with van der Waals surface area (Å²) >= 11 is 0. The average Bonchev–Trinajstić information content (AvgIpc) is 2.78. The topological polar surface area (TPSA) is 78.5 Å². The molecule has 1 heterocycles. The number of piperidine rings is 1. The Labute approximate surface area is 183 Å². The molecule has 3 rings (SSSR count). The Kier molecular flexibility index (Phi) is 7.50. The first-order valence-electron chi connectivity index (χ1n) is 10.3. The number of rotatable bonds is 7. The smallest absolute Gasteiger partial charge is 0.352 e.